The fourth-order valence-corrected chi connectivity index (χ4v) is 1.58. The fraction of sp³-hybridized carbons (Fsp3) is 0.0909. The Balaban J connectivity index is 2.50. The van der Waals surface area contributed by atoms with Crippen LogP contribution in [-0.4, -0.2) is 17.2 Å². The molecule has 0 bridgehead atoms. The van der Waals surface area contributed by atoms with Gasteiger partial charge in [0, 0.05) is 5.56 Å². The standard InChI is InChI=1S/C11H8BF3O3/c13-11(14,15)8-4-2-1-3-7(8)9-5-6-10(18-9)12(16)17/h1-6,16-17H. The predicted octanol–water partition coefficient (Wildman–Crippen LogP) is 1.65. The first-order valence-electron chi connectivity index (χ1n) is 5.02. The summed E-state index contributed by atoms with van der Waals surface area (Å²) in [5, 5.41) is 17.7. The number of alkyl halides is 3. The summed E-state index contributed by atoms with van der Waals surface area (Å²) in [4.78, 5) is 0. The lowest BCUT2D eigenvalue weighted by Gasteiger charge is -2.10. The first-order valence-corrected chi connectivity index (χ1v) is 5.02. The number of rotatable bonds is 2. The Labute approximate surface area is 101 Å². The lowest BCUT2D eigenvalue weighted by Crippen LogP contribution is -2.27. The Hall–Kier alpha value is -1.73. The van der Waals surface area contributed by atoms with Crippen molar-refractivity contribution >= 4 is 12.8 Å². The maximum absolute atomic E-state index is 12.8. The number of benzene rings is 1. The van der Waals surface area contributed by atoms with Crippen LogP contribution in [0.2, 0.25) is 0 Å². The minimum Gasteiger partial charge on any atom is -0.465 e. The average Bonchev–Trinajstić information content (AvgIpc) is 2.77. The highest BCUT2D eigenvalue weighted by Gasteiger charge is 2.34. The molecule has 0 aliphatic heterocycles. The van der Waals surface area contributed by atoms with E-state index < -0.39 is 18.9 Å². The van der Waals surface area contributed by atoms with E-state index in [0.717, 1.165) is 6.07 Å². The van der Waals surface area contributed by atoms with Crippen molar-refractivity contribution in [2.45, 2.75) is 6.18 Å². The van der Waals surface area contributed by atoms with Crippen molar-refractivity contribution in [3.05, 3.63) is 42.0 Å². The highest BCUT2D eigenvalue weighted by Crippen LogP contribution is 2.36. The summed E-state index contributed by atoms with van der Waals surface area (Å²) in [6.45, 7) is 0. The second-order valence-corrected chi connectivity index (χ2v) is 3.62. The molecule has 0 saturated carbocycles. The third kappa shape index (κ3) is 2.41. The van der Waals surface area contributed by atoms with Gasteiger partial charge in [0.15, 0.2) is 0 Å². The first kappa shape index (κ1) is 12.7. The molecule has 0 atom stereocenters. The Morgan fingerprint density at radius 2 is 1.67 bits per heavy atom. The summed E-state index contributed by atoms with van der Waals surface area (Å²) in [6, 6.07) is 7.40. The van der Waals surface area contributed by atoms with Gasteiger partial charge in [-0.25, -0.2) is 0 Å². The highest BCUT2D eigenvalue weighted by molar-refractivity contribution is 6.57. The molecule has 3 nitrogen and oxygen atoms in total. The van der Waals surface area contributed by atoms with Gasteiger partial charge in [-0.15, -0.1) is 0 Å². The van der Waals surface area contributed by atoms with Crippen LogP contribution < -0.4 is 5.66 Å². The molecule has 1 aromatic heterocycles. The molecule has 0 unspecified atom stereocenters. The van der Waals surface area contributed by atoms with E-state index in [4.69, 9.17) is 14.5 Å². The molecule has 2 N–H and O–H groups in total. The molecule has 1 aromatic carbocycles. The van der Waals surface area contributed by atoms with Crippen molar-refractivity contribution in [2.75, 3.05) is 0 Å². The SMILES string of the molecule is OB(O)c1ccc(-c2ccccc2C(F)(F)F)o1. The van der Waals surface area contributed by atoms with Gasteiger partial charge in [0.25, 0.3) is 0 Å². The zero-order chi connectivity index (χ0) is 13.3. The van der Waals surface area contributed by atoms with E-state index in [1.165, 1.54) is 30.3 Å². The molecular formula is C11H8BF3O3. The van der Waals surface area contributed by atoms with Crippen LogP contribution in [0.25, 0.3) is 11.3 Å². The van der Waals surface area contributed by atoms with E-state index in [-0.39, 0.29) is 17.0 Å². The molecule has 7 heteroatoms. The predicted molar refractivity (Wildman–Crippen MR) is 59.0 cm³/mol. The van der Waals surface area contributed by atoms with Crippen LogP contribution in [-0.2, 0) is 6.18 Å². The molecule has 0 aliphatic rings. The number of halogens is 3. The Morgan fingerprint density at radius 3 is 2.22 bits per heavy atom. The normalized spacial score (nSPS) is 11.6. The molecular weight excluding hydrogens is 248 g/mol. The molecule has 2 aromatic rings. The molecule has 0 amide bonds. The molecule has 0 radical (unpaired) electrons. The summed E-state index contributed by atoms with van der Waals surface area (Å²) in [7, 11) is -1.85. The highest BCUT2D eigenvalue weighted by atomic mass is 19.4. The van der Waals surface area contributed by atoms with Crippen molar-refractivity contribution in [1.29, 1.82) is 0 Å². The first-order chi connectivity index (χ1) is 8.39. The van der Waals surface area contributed by atoms with E-state index >= 15 is 0 Å². The van der Waals surface area contributed by atoms with Gasteiger partial charge >= 0.3 is 13.3 Å². The lowest BCUT2D eigenvalue weighted by atomic mass is 9.88. The van der Waals surface area contributed by atoms with Gasteiger partial charge in [-0.2, -0.15) is 13.2 Å². The smallest absolute Gasteiger partial charge is 0.465 e. The molecule has 2 rings (SSSR count). The third-order valence-corrected chi connectivity index (χ3v) is 2.38. The summed E-state index contributed by atoms with van der Waals surface area (Å²) >= 11 is 0. The van der Waals surface area contributed by atoms with Crippen LogP contribution in [0.5, 0.6) is 0 Å². The molecule has 94 valence electrons. The zero-order valence-electron chi connectivity index (χ0n) is 8.98. The van der Waals surface area contributed by atoms with Crippen molar-refractivity contribution < 1.29 is 27.6 Å². The third-order valence-electron chi connectivity index (χ3n) is 2.38. The second-order valence-electron chi connectivity index (χ2n) is 3.62. The van der Waals surface area contributed by atoms with E-state index in [1.54, 1.807) is 0 Å². The van der Waals surface area contributed by atoms with Crippen molar-refractivity contribution in [2.24, 2.45) is 0 Å². The summed E-state index contributed by atoms with van der Waals surface area (Å²) < 4.78 is 43.2. The van der Waals surface area contributed by atoms with Crippen LogP contribution in [0.1, 0.15) is 5.56 Å². The zero-order valence-corrected chi connectivity index (χ0v) is 8.98. The van der Waals surface area contributed by atoms with Crippen molar-refractivity contribution in [1.82, 2.24) is 0 Å². The molecule has 1 heterocycles. The summed E-state index contributed by atoms with van der Waals surface area (Å²) in [5.74, 6) is -0.0639. The van der Waals surface area contributed by atoms with Crippen LogP contribution >= 0.6 is 0 Å². The van der Waals surface area contributed by atoms with E-state index in [2.05, 4.69) is 0 Å². The minimum atomic E-state index is -4.50. The lowest BCUT2D eigenvalue weighted by molar-refractivity contribution is -0.137. The van der Waals surface area contributed by atoms with Gasteiger partial charge in [-0.05, 0) is 18.2 Å². The van der Waals surface area contributed by atoms with Gasteiger partial charge in [-0.1, -0.05) is 18.2 Å². The Morgan fingerprint density at radius 1 is 1.00 bits per heavy atom. The average molecular weight is 256 g/mol. The fourth-order valence-electron chi connectivity index (χ4n) is 1.58. The van der Waals surface area contributed by atoms with Gasteiger partial charge < -0.3 is 14.5 Å². The van der Waals surface area contributed by atoms with Crippen molar-refractivity contribution in [3.63, 3.8) is 0 Å². The maximum atomic E-state index is 12.8. The van der Waals surface area contributed by atoms with Gasteiger partial charge in [0.2, 0.25) is 0 Å². The quantitative estimate of drug-likeness (QED) is 0.803. The van der Waals surface area contributed by atoms with Crippen LogP contribution in [0.3, 0.4) is 0 Å². The molecule has 18 heavy (non-hydrogen) atoms. The maximum Gasteiger partial charge on any atom is 0.526 e. The Bertz CT molecular complexity index is 548. The van der Waals surface area contributed by atoms with Crippen LogP contribution in [0.15, 0.2) is 40.8 Å². The van der Waals surface area contributed by atoms with Gasteiger partial charge in [0.1, 0.15) is 11.4 Å². The largest absolute Gasteiger partial charge is 0.526 e. The molecule has 0 fully saturated rings. The minimum absolute atomic E-state index is 0.0639. The monoisotopic (exact) mass is 256 g/mol. The Kier molecular flexibility index (Phi) is 3.19. The summed E-state index contributed by atoms with van der Waals surface area (Å²) in [6.07, 6.45) is -4.50. The van der Waals surface area contributed by atoms with Crippen molar-refractivity contribution in [3.8, 4) is 11.3 Å². The summed E-state index contributed by atoms with van der Waals surface area (Å²) in [5.41, 5.74) is -1.18. The van der Waals surface area contributed by atoms with Crippen LogP contribution in [0, 0.1) is 0 Å². The molecule has 0 aliphatic carbocycles. The van der Waals surface area contributed by atoms with E-state index in [0.29, 0.717) is 0 Å². The number of hydrogen-bond donors (Lipinski definition) is 2. The van der Waals surface area contributed by atoms with Crippen LogP contribution in [0.4, 0.5) is 13.2 Å². The van der Waals surface area contributed by atoms with E-state index in [9.17, 15) is 13.2 Å². The van der Waals surface area contributed by atoms with Gasteiger partial charge in [0.05, 0.1) is 5.56 Å². The van der Waals surface area contributed by atoms with E-state index in [1.807, 2.05) is 0 Å². The number of hydrogen-bond acceptors (Lipinski definition) is 3. The number of furan rings is 1. The molecule has 0 saturated heterocycles. The molecule has 0 spiro atoms. The van der Waals surface area contributed by atoms with Gasteiger partial charge in [-0.3, -0.25) is 0 Å². The topological polar surface area (TPSA) is 53.6 Å². The second kappa shape index (κ2) is 4.51.